The third kappa shape index (κ3) is 7.54. The van der Waals surface area contributed by atoms with Gasteiger partial charge in [0.15, 0.2) is 0 Å². The summed E-state index contributed by atoms with van der Waals surface area (Å²) in [6, 6.07) is 20.3. The Labute approximate surface area is 220 Å². The van der Waals surface area contributed by atoms with Crippen molar-refractivity contribution in [2.24, 2.45) is 0 Å². The topological polar surface area (TPSA) is 75.7 Å². The van der Waals surface area contributed by atoms with E-state index in [-0.39, 0.29) is 16.3 Å². The van der Waals surface area contributed by atoms with Crippen molar-refractivity contribution < 1.29 is 17.9 Å². The van der Waals surface area contributed by atoms with Crippen LogP contribution in [0.2, 0.25) is 10.0 Å². The standard InChI is InChI=1S/C25H26Cl2N2O4S2/c1-33-24-13-12-20(26)16-23(24)29(35(31,32)21-9-3-2-4-10-21)17-25(30)28-14-7-15-34-18-19-8-5-6-11-22(19)27/h2-6,8-13,16H,7,14-15,17-18H2,1H3,(H,28,30). The SMILES string of the molecule is COc1ccc(Cl)cc1N(CC(=O)NCCCSCc1ccccc1Cl)S(=O)(=O)c1ccccc1. The van der Waals surface area contributed by atoms with Gasteiger partial charge in [0, 0.05) is 22.3 Å². The van der Waals surface area contributed by atoms with Crippen LogP contribution in [-0.2, 0) is 20.6 Å². The summed E-state index contributed by atoms with van der Waals surface area (Å²) in [7, 11) is -2.62. The lowest BCUT2D eigenvalue weighted by molar-refractivity contribution is -0.119. The summed E-state index contributed by atoms with van der Waals surface area (Å²) in [6.45, 7) is 0.000949. The maximum Gasteiger partial charge on any atom is 0.264 e. The van der Waals surface area contributed by atoms with Crippen LogP contribution in [0.25, 0.3) is 0 Å². The molecule has 0 fully saturated rings. The predicted molar refractivity (Wildman–Crippen MR) is 144 cm³/mol. The first-order chi connectivity index (χ1) is 16.8. The van der Waals surface area contributed by atoms with Gasteiger partial charge in [0.25, 0.3) is 10.0 Å². The second-order valence-electron chi connectivity index (χ2n) is 7.49. The van der Waals surface area contributed by atoms with Crippen LogP contribution in [0.5, 0.6) is 5.75 Å². The summed E-state index contributed by atoms with van der Waals surface area (Å²) < 4.78 is 33.3. The molecule has 1 N–H and O–H groups in total. The number of hydrogen-bond donors (Lipinski definition) is 1. The fourth-order valence-electron chi connectivity index (χ4n) is 3.26. The Hall–Kier alpha value is -2.39. The van der Waals surface area contributed by atoms with Gasteiger partial charge in [0.2, 0.25) is 5.91 Å². The van der Waals surface area contributed by atoms with Crippen molar-refractivity contribution in [2.45, 2.75) is 17.1 Å². The molecule has 0 saturated carbocycles. The number of halogens is 2. The highest BCUT2D eigenvalue weighted by Crippen LogP contribution is 2.34. The number of nitrogens with one attached hydrogen (secondary N) is 1. The van der Waals surface area contributed by atoms with E-state index < -0.39 is 22.5 Å². The van der Waals surface area contributed by atoms with Crippen LogP contribution >= 0.6 is 35.0 Å². The Balaban J connectivity index is 1.65. The van der Waals surface area contributed by atoms with E-state index in [1.54, 1.807) is 42.1 Å². The van der Waals surface area contributed by atoms with Crippen molar-refractivity contribution in [1.82, 2.24) is 5.32 Å². The van der Waals surface area contributed by atoms with Gasteiger partial charge < -0.3 is 10.1 Å². The second-order valence-corrected chi connectivity index (χ2v) is 11.3. The normalized spacial score (nSPS) is 11.2. The number of thioether (sulfide) groups is 1. The van der Waals surface area contributed by atoms with Crippen molar-refractivity contribution in [1.29, 1.82) is 0 Å². The minimum Gasteiger partial charge on any atom is -0.495 e. The predicted octanol–water partition coefficient (Wildman–Crippen LogP) is 5.64. The number of amides is 1. The molecule has 35 heavy (non-hydrogen) atoms. The molecule has 10 heteroatoms. The van der Waals surface area contributed by atoms with Gasteiger partial charge in [-0.3, -0.25) is 9.10 Å². The van der Waals surface area contributed by atoms with E-state index in [0.29, 0.717) is 11.6 Å². The molecule has 3 aromatic carbocycles. The summed E-state index contributed by atoms with van der Waals surface area (Å²) in [6.07, 6.45) is 0.729. The average molecular weight is 554 g/mol. The number of nitrogens with zero attached hydrogens (tertiary/aromatic N) is 1. The van der Waals surface area contributed by atoms with E-state index in [2.05, 4.69) is 5.32 Å². The van der Waals surface area contributed by atoms with E-state index in [0.717, 1.165) is 32.8 Å². The van der Waals surface area contributed by atoms with E-state index in [1.807, 2.05) is 24.3 Å². The first-order valence-corrected chi connectivity index (χ1v) is 14.2. The molecule has 1 amide bonds. The minimum absolute atomic E-state index is 0.0609. The van der Waals surface area contributed by atoms with Gasteiger partial charge in [0.05, 0.1) is 17.7 Å². The molecule has 0 saturated heterocycles. The van der Waals surface area contributed by atoms with Gasteiger partial charge in [-0.25, -0.2) is 8.42 Å². The third-order valence-electron chi connectivity index (χ3n) is 5.03. The maximum atomic E-state index is 13.5. The lowest BCUT2D eigenvalue weighted by Crippen LogP contribution is -2.41. The Kier molecular flexibility index (Phi) is 10.2. The number of carbonyl (C=O) groups excluding carboxylic acids is 1. The molecule has 3 aromatic rings. The molecule has 0 spiro atoms. The number of rotatable bonds is 12. The van der Waals surface area contributed by atoms with Gasteiger partial charge in [-0.15, -0.1) is 0 Å². The number of carbonyl (C=O) groups is 1. The molecule has 0 unspecified atom stereocenters. The highest BCUT2D eigenvalue weighted by molar-refractivity contribution is 7.98. The molecule has 0 radical (unpaired) electrons. The highest BCUT2D eigenvalue weighted by atomic mass is 35.5. The van der Waals surface area contributed by atoms with Gasteiger partial charge in [0.1, 0.15) is 12.3 Å². The van der Waals surface area contributed by atoms with E-state index in [9.17, 15) is 13.2 Å². The van der Waals surface area contributed by atoms with Crippen LogP contribution in [0.15, 0.2) is 77.7 Å². The van der Waals surface area contributed by atoms with Gasteiger partial charge in [-0.05, 0) is 54.1 Å². The second kappa shape index (κ2) is 13.1. The third-order valence-corrected chi connectivity index (χ3v) is 8.50. The molecular formula is C25H26Cl2N2O4S2. The Morgan fingerprint density at radius 3 is 2.46 bits per heavy atom. The van der Waals surface area contributed by atoms with E-state index in [1.165, 1.54) is 25.3 Å². The summed E-state index contributed by atoms with van der Waals surface area (Å²) in [5, 5.41) is 3.87. The molecule has 186 valence electrons. The largest absolute Gasteiger partial charge is 0.495 e. The zero-order valence-corrected chi connectivity index (χ0v) is 22.3. The molecule has 3 rings (SSSR count). The van der Waals surface area contributed by atoms with Crippen LogP contribution in [0, 0.1) is 0 Å². The van der Waals surface area contributed by atoms with E-state index in [4.69, 9.17) is 27.9 Å². The van der Waals surface area contributed by atoms with Crippen LogP contribution in [-0.4, -0.2) is 40.3 Å². The molecule has 0 aliphatic heterocycles. The van der Waals surface area contributed by atoms with Gasteiger partial charge in [-0.1, -0.05) is 59.6 Å². The molecular weight excluding hydrogens is 527 g/mol. The zero-order valence-electron chi connectivity index (χ0n) is 19.1. The molecule has 6 nitrogen and oxygen atoms in total. The molecule has 0 atom stereocenters. The fraction of sp³-hybridized carbons (Fsp3) is 0.240. The van der Waals surface area contributed by atoms with Crippen LogP contribution in [0.1, 0.15) is 12.0 Å². The average Bonchev–Trinajstić information content (AvgIpc) is 2.86. The van der Waals surface area contributed by atoms with Crippen LogP contribution in [0.3, 0.4) is 0 Å². The molecule has 0 bridgehead atoms. The minimum atomic E-state index is -4.06. The smallest absolute Gasteiger partial charge is 0.264 e. The Morgan fingerprint density at radius 2 is 1.74 bits per heavy atom. The summed E-state index contributed by atoms with van der Waals surface area (Å²) in [4.78, 5) is 12.8. The highest BCUT2D eigenvalue weighted by Gasteiger charge is 2.29. The van der Waals surface area contributed by atoms with E-state index >= 15 is 0 Å². The number of sulfonamides is 1. The summed E-state index contributed by atoms with van der Waals surface area (Å²) >= 11 is 14.0. The van der Waals surface area contributed by atoms with Crippen molar-refractivity contribution >= 4 is 56.6 Å². The number of ether oxygens (including phenoxy) is 1. The number of methoxy groups -OCH3 is 1. The van der Waals surface area contributed by atoms with Crippen molar-refractivity contribution in [3.05, 3.63) is 88.4 Å². The van der Waals surface area contributed by atoms with Crippen molar-refractivity contribution in [3.8, 4) is 5.75 Å². The maximum absolute atomic E-state index is 13.5. The first kappa shape index (κ1) is 27.2. The summed E-state index contributed by atoms with van der Waals surface area (Å²) in [5.41, 5.74) is 1.26. The Morgan fingerprint density at radius 1 is 1.03 bits per heavy atom. The Bertz CT molecular complexity index is 1240. The molecule has 0 heterocycles. The van der Waals surface area contributed by atoms with Crippen LogP contribution < -0.4 is 14.4 Å². The lowest BCUT2D eigenvalue weighted by atomic mass is 10.2. The molecule has 0 aromatic heterocycles. The first-order valence-electron chi connectivity index (χ1n) is 10.8. The van der Waals surface area contributed by atoms with Gasteiger partial charge >= 0.3 is 0 Å². The fourth-order valence-corrected chi connectivity index (χ4v) is 6.12. The number of benzene rings is 3. The quantitative estimate of drug-likeness (QED) is 0.294. The van der Waals surface area contributed by atoms with Crippen molar-refractivity contribution in [3.63, 3.8) is 0 Å². The summed E-state index contributed by atoms with van der Waals surface area (Å²) in [5.74, 6) is 1.46. The zero-order chi connectivity index (χ0) is 25.3. The number of hydrogen-bond acceptors (Lipinski definition) is 5. The number of anilines is 1. The van der Waals surface area contributed by atoms with Crippen LogP contribution in [0.4, 0.5) is 5.69 Å². The molecule has 0 aliphatic carbocycles. The monoisotopic (exact) mass is 552 g/mol. The van der Waals surface area contributed by atoms with Crippen molar-refractivity contribution in [2.75, 3.05) is 30.3 Å². The molecule has 0 aliphatic rings. The lowest BCUT2D eigenvalue weighted by Gasteiger charge is -2.25. The van der Waals surface area contributed by atoms with Gasteiger partial charge in [-0.2, -0.15) is 11.8 Å².